The molecule has 2 heterocycles. The maximum Gasteiger partial charge on any atom is 0.133 e. The summed E-state index contributed by atoms with van der Waals surface area (Å²) >= 11 is 19.0. The van der Waals surface area contributed by atoms with Crippen LogP contribution in [0, 0.1) is 6.92 Å². The zero-order valence-corrected chi connectivity index (χ0v) is 16.6. The fraction of sp³-hybridized carbons (Fsp3) is 0.250. The van der Waals surface area contributed by atoms with Gasteiger partial charge in [0, 0.05) is 22.7 Å². The Morgan fingerprint density at radius 3 is 2.77 bits per heavy atom. The van der Waals surface area contributed by atoms with Gasteiger partial charge in [0.05, 0.1) is 21.4 Å². The van der Waals surface area contributed by atoms with Crippen molar-refractivity contribution in [3.05, 3.63) is 62.6 Å². The van der Waals surface area contributed by atoms with E-state index in [0.29, 0.717) is 15.1 Å². The maximum absolute atomic E-state index is 6.50. The Morgan fingerprint density at radius 2 is 1.92 bits per heavy atom. The minimum absolute atomic E-state index is 0.535. The third-order valence-corrected chi connectivity index (χ3v) is 5.79. The van der Waals surface area contributed by atoms with Crippen molar-refractivity contribution in [2.75, 3.05) is 11.9 Å². The lowest BCUT2D eigenvalue weighted by Crippen LogP contribution is -2.08. The van der Waals surface area contributed by atoms with Crippen LogP contribution in [0.5, 0.6) is 0 Å². The van der Waals surface area contributed by atoms with Gasteiger partial charge < -0.3 is 5.32 Å². The van der Waals surface area contributed by atoms with Crippen molar-refractivity contribution < 1.29 is 0 Å². The van der Waals surface area contributed by atoms with Crippen molar-refractivity contribution >= 4 is 40.6 Å². The Balaban J connectivity index is 1.98. The Kier molecular flexibility index (Phi) is 4.87. The molecule has 0 saturated heterocycles. The van der Waals surface area contributed by atoms with Crippen LogP contribution in [-0.2, 0) is 6.42 Å². The van der Waals surface area contributed by atoms with E-state index in [0.717, 1.165) is 54.1 Å². The highest BCUT2D eigenvalue weighted by molar-refractivity contribution is 6.43. The predicted molar refractivity (Wildman–Crippen MR) is 110 cm³/mol. The fourth-order valence-electron chi connectivity index (χ4n) is 3.39. The zero-order valence-electron chi connectivity index (χ0n) is 14.3. The zero-order chi connectivity index (χ0) is 18.3. The van der Waals surface area contributed by atoms with Gasteiger partial charge in [-0.15, -0.1) is 0 Å². The molecule has 2 aromatic carbocycles. The minimum Gasteiger partial charge on any atom is -0.370 e. The Morgan fingerprint density at radius 1 is 1.08 bits per heavy atom. The summed E-state index contributed by atoms with van der Waals surface area (Å²) in [6.07, 6.45) is 3.16. The summed E-state index contributed by atoms with van der Waals surface area (Å²) in [7, 11) is 0. The number of nitrogens with one attached hydrogen (secondary N) is 1. The van der Waals surface area contributed by atoms with Crippen LogP contribution in [0.3, 0.4) is 0 Å². The highest BCUT2D eigenvalue weighted by Gasteiger charge is 2.24. The number of halogens is 3. The number of anilines is 1. The van der Waals surface area contributed by atoms with Gasteiger partial charge in [-0.05, 0) is 49.9 Å². The number of fused-ring (bicyclic) bond motifs is 1. The van der Waals surface area contributed by atoms with Crippen molar-refractivity contribution in [3.63, 3.8) is 0 Å². The van der Waals surface area contributed by atoms with Gasteiger partial charge in [-0.1, -0.05) is 53.0 Å². The van der Waals surface area contributed by atoms with Gasteiger partial charge in [0.1, 0.15) is 5.82 Å². The van der Waals surface area contributed by atoms with Gasteiger partial charge >= 0.3 is 0 Å². The molecule has 3 aromatic rings. The minimum atomic E-state index is 0.535. The van der Waals surface area contributed by atoms with Crippen LogP contribution in [0.25, 0.3) is 16.9 Å². The average molecular weight is 407 g/mol. The number of hydrogen-bond donors (Lipinski definition) is 1. The molecule has 1 N–H and O–H groups in total. The van der Waals surface area contributed by atoms with Gasteiger partial charge in [0.25, 0.3) is 0 Å². The molecule has 26 heavy (non-hydrogen) atoms. The van der Waals surface area contributed by atoms with Crippen molar-refractivity contribution in [2.45, 2.75) is 26.2 Å². The second kappa shape index (κ2) is 7.15. The van der Waals surface area contributed by atoms with E-state index < -0.39 is 0 Å². The van der Waals surface area contributed by atoms with Crippen molar-refractivity contribution in [1.29, 1.82) is 0 Å². The molecule has 3 nitrogen and oxygen atoms in total. The first-order chi connectivity index (χ1) is 12.6. The van der Waals surface area contributed by atoms with E-state index in [9.17, 15) is 0 Å². The molecule has 0 radical (unpaired) electrons. The van der Waals surface area contributed by atoms with E-state index in [4.69, 9.17) is 39.9 Å². The Labute approximate surface area is 167 Å². The first kappa shape index (κ1) is 17.7. The molecule has 0 saturated carbocycles. The first-order valence-electron chi connectivity index (χ1n) is 8.63. The molecular weight excluding hydrogens is 389 g/mol. The molecule has 0 atom stereocenters. The Hall–Kier alpha value is -1.68. The molecule has 4 rings (SSSR count). The summed E-state index contributed by atoms with van der Waals surface area (Å²) in [6, 6.07) is 11.5. The SMILES string of the molecule is Cc1ccc(Cl)cc1-n1nc(-c2cccc(Cl)c2Cl)c2c1NCCCC2. The standard InChI is InChI=1S/C20H18Cl3N3/c1-12-8-9-13(21)11-17(12)26-20-15(5-2-3-10-24-20)19(25-26)14-6-4-7-16(22)18(14)23/h4,6-9,11,24H,2-3,5,10H2,1H3. The number of aryl methyl sites for hydroxylation is 1. The van der Waals surface area contributed by atoms with Crippen LogP contribution in [0.15, 0.2) is 36.4 Å². The number of nitrogens with zero attached hydrogens (tertiary/aromatic N) is 2. The summed E-state index contributed by atoms with van der Waals surface area (Å²) in [6.45, 7) is 2.98. The van der Waals surface area contributed by atoms with Crippen LogP contribution < -0.4 is 5.32 Å². The number of rotatable bonds is 2. The molecule has 0 unspecified atom stereocenters. The summed E-state index contributed by atoms with van der Waals surface area (Å²) < 4.78 is 1.95. The monoisotopic (exact) mass is 405 g/mol. The van der Waals surface area contributed by atoms with Gasteiger partial charge in [0.15, 0.2) is 0 Å². The quantitative estimate of drug-likeness (QED) is 0.522. The second-order valence-electron chi connectivity index (χ2n) is 6.50. The highest BCUT2D eigenvalue weighted by Crippen LogP contribution is 2.39. The number of aromatic nitrogens is 2. The van der Waals surface area contributed by atoms with Crippen molar-refractivity contribution in [3.8, 4) is 16.9 Å². The van der Waals surface area contributed by atoms with Crippen LogP contribution in [0.4, 0.5) is 5.82 Å². The molecule has 0 spiro atoms. The molecule has 0 amide bonds. The fourth-order valence-corrected chi connectivity index (χ4v) is 3.95. The molecule has 1 aliphatic rings. The summed E-state index contributed by atoms with van der Waals surface area (Å²) in [5.41, 5.74) is 4.98. The van der Waals surface area contributed by atoms with E-state index in [1.165, 1.54) is 5.56 Å². The highest BCUT2D eigenvalue weighted by atomic mass is 35.5. The van der Waals surface area contributed by atoms with E-state index >= 15 is 0 Å². The van der Waals surface area contributed by atoms with Gasteiger partial charge in [-0.3, -0.25) is 0 Å². The molecule has 134 valence electrons. The lowest BCUT2D eigenvalue weighted by atomic mass is 10.0. The van der Waals surface area contributed by atoms with E-state index in [1.807, 2.05) is 35.0 Å². The maximum atomic E-state index is 6.50. The third kappa shape index (κ3) is 3.09. The predicted octanol–water partition coefficient (Wildman–Crippen LogP) is 6.56. The van der Waals surface area contributed by atoms with Gasteiger partial charge in [-0.2, -0.15) is 5.10 Å². The van der Waals surface area contributed by atoms with E-state index in [2.05, 4.69) is 12.2 Å². The number of benzene rings is 2. The van der Waals surface area contributed by atoms with Crippen LogP contribution in [0.1, 0.15) is 24.0 Å². The third-order valence-electron chi connectivity index (χ3n) is 4.74. The molecule has 1 aromatic heterocycles. The molecule has 0 bridgehead atoms. The lowest BCUT2D eigenvalue weighted by molar-refractivity contribution is 0.779. The lowest BCUT2D eigenvalue weighted by Gasteiger charge is -2.12. The smallest absolute Gasteiger partial charge is 0.133 e. The van der Waals surface area contributed by atoms with Crippen LogP contribution in [-0.4, -0.2) is 16.3 Å². The van der Waals surface area contributed by atoms with Crippen LogP contribution >= 0.6 is 34.8 Å². The molecule has 0 aliphatic carbocycles. The van der Waals surface area contributed by atoms with E-state index in [1.54, 1.807) is 6.07 Å². The topological polar surface area (TPSA) is 29.9 Å². The van der Waals surface area contributed by atoms with E-state index in [-0.39, 0.29) is 0 Å². The molecule has 0 fully saturated rings. The number of hydrogen-bond acceptors (Lipinski definition) is 2. The summed E-state index contributed by atoms with van der Waals surface area (Å²) in [5, 5.41) is 10.2. The van der Waals surface area contributed by atoms with Crippen LogP contribution in [0.2, 0.25) is 15.1 Å². The molecule has 6 heteroatoms. The molecular formula is C20H18Cl3N3. The van der Waals surface area contributed by atoms with Gasteiger partial charge in [-0.25, -0.2) is 4.68 Å². The Bertz CT molecular complexity index is 952. The summed E-state index contributed by atoms with van der Waals surface area (Å²) in [4.78, 5) is 0. The molecule has 1 aliphatic heterocycles. The first-order valence-corrected chi connectivity index (χ1v) is 9.76. The normalized spacial score (nSPS) is 13.8. The summed E-state index contributed by atoms with van der Waals surface area (Å²) in [5.74, 6) is 1.01. The second-order valence-corrected chi connectivity index (χ2v) is 7.73. The van der Waals surface area contributed by atoms with Crippen molar-refractivity contribution in [2.24, 2.45) is 0 Å². The largest absolute Gasteiger partial charge is 0.370 e. The average Bonchev–Trinajstić information content (AvgIpc) is 2.81. The van der Waals surface area contributed by atoms with Crippen molar-refractivity contribution in [1.82, 2.24) is 9.78 Å². The van der Waals surface area contributed by atoms with Gasteiger partial charge in [0.2, 0.25) is 0 Å².